The summed E-state index contributed by atoms with van der Waals surface area (Å²) in [5.74, 6) is -0.0585. The molecule has 0 aromatic heterocycles. The van der Waals surface area contributed by atoms with Crippen molar-refractivity contribution >= 4 is 34.4 Å². The minimum atomic E-state index is -3.97. The second-order valence-corrected chi connectivity index (χ2v) is 9.97. The summed E-state index contributed by atoms with van der Waals surface area (Å²) in [6, 6.07) is 5.16. The van der Waals surface area contributed by atoms with E-state index < -0.39 is 22.0 Å². The Hall–Kier alpha value is -2.79. The van der Waals surface area contributed by atoms with E-state index in [0.717, 1.165) is 0 Å². The van der Waals surface area contributed by atoms with E-state index in [1.807, 2.05) is 20.8 Å². The van der Waals surface area contributed by atoms with Gasteiger partial charge in [-0.2, -0.15) is 0 Å². The molecule has 0 aliphatic carbocycles. The van der Waals surface area contributed by atoms with Crippen molar-refractivity contribution in [2.75, 3.05) is 34.3 Å². The molecule has 10 nitrogen and oxygen atoms in total. The maximum atomic E-state index is 13.5. The number of sulfonamides is 1. The molecule has 0 heterocycles. The van der Waals surface area contributed by atoms with Crippen molar-refractivity contribution in [2.24, 2.45) is 20.4 Å². The van der Waals surface area contributed by atoms with Crippen LogP contribution in [0.3, 0.4) is 0 Å². The zero-order valence-electron chi connectivity index (χ0n) is 19.6. The van der Waals surface area contributed by atoms with Gasteiger partial charge in [0.2, 0.25) is 5.96 Å². The second-order valence-electron chi connectivity index (χ2n) is 8.29. The zero-order valence-corrected chi connectivity index (χ0v) is 20.4. The smallest absolute Gasteiger partial charge is 0.264 e. The summed E-state index contributed by atoms with van der Waals surface area (Å²) in [6.07, 6.45) is 0.515. The average Bonchev–Trinajstić information content (AvgIpc) is 2.76. The fourth-order valence-electron chi connectivity index (χ4n) is 3.05. The van der Waals surface area contributed by atoms with Crippen molar-refractivity contribution in [3.63, 3.8) is 0 Å². The van der Waals surface area contributed by atoms with Crippen LogP contribution in [0.1, 0.15) is 37.6 Å². The molecule has 1 aromatic carbocycles. The van der Waals surface area contributed by atoms with Crippen LogP contribution in [0.4, 0.5) is 0 Å². The summed E-state index contributed by atoms with van der Waals surface area (Å²) in [5, 5.41) is 12.7. The second kappa shape index (κ2) is 11.7. The van der Waals surface area contributed by atoms with Gasteiger partial charge in [0.05, 0.1) is 24.1 Å². The lowest BCUT2D eigenvalue weighted by Crippen LogP contribution is -2.46. The van der Waals surface area contributed by atoms with E-state index in [-0.39, 0.29) is 35.0 Å². The minimum Gasteiger partial charge on any atom is -0.394 e. The quantitative estimate of drug-likeness (QED) is 0.390. The van der Waals surface area contributed by atoms with E-state index in [0.29, 0.717) is 12.3 Å². The van der Waals surface area contributed by atoms with Crippen molar-refractivity contribution in [3.8, 4) is 0 Å². The van der Waals surface area contributed by atoms with Crippen molar-refractivity contribution in [3.05, 3.63) is 29.8 Å². The van der Waals surface area contributed by atoms with Crippen LogP contribution in [0, 0.1) is 5.41 Å². The van der Waals surface area contributed by atoms with Gasteiger partial charge in [-0.1, -0.05) is 26.8 Å². The highest BCUT2D eigenvalue weighted by atomic mass is 32.2. The number of aliphatic imine (C=N–C) groups is 3. The molecule has 0 aliphatic rings. The van der Waals surface area contributed by atoms with Crippen LogP contribution < -0.4 is 10.0 Å². The van der Waals surface area contributed by atoms with Crippen LogP contribution in [0.15, 0.2) is 44.1 Å². The fourth-order valence-corrected chi connectivity index (χ4v) is 4.15. The van der Waals surface area contributed by atoms with Crippen molar-refractivity contribution < 1.29 is 18.3 Å². The van der Waals surface area contributed by atoms with Gasteiger partial charge in [-0.3, -0.25) is 14.8 Å². The predicted octanol–water partition coefficient (Wildman–Crippen LogP) is 1.14. The third-order valence-corrected chi connectivity index (χ3v) is 5.93. The number of nitrogens with one attached hydrogen (secondary N) is 2. The number of hydrogen-bond acceptors (Lipinski definition) is 6. The van der Waals surface area contributed by atoms with Crippen molar-refractivity contribution in [1.82, 2.24) is 14.9 Å². The average molecular weight is 467 g/mol. The summed E-state index contributed by atoms with van der Waals surface area (Å²) in [4.78, 5) is 26.5. The number of aliphatic hydroxyl groups excluding tert-OH is 1. The number of carbonyl (C=O) groups excluding carboxylic acids is 1. The molecule has 1 atom stereocenters. The predicted molar refractivity (Wildman–Crippen MR) is 128 cm³/mol. The molecule has 1 aromatic rings. The van der Waals surface area contributed by atoms with E-state index >= 15 is 0 Å². The fraction of sp³-hybridized carbons (Fsp3) is 0.524. The van der Waals surface area contributed by atoms with Gasteiger partial charge in [0.15, 0.2) is 0 Å². The molecule has 0 unspecified atom stereocenters. The molecule has 0 radical (unpaired) electrons. The first-order valence-corrected chi connectivity index (χ1v) is 11.5. The largest absolute Gasteiger partial charge is 0.394 e. The van der Waals surface area contributed by atoms with E-state index in [1.54, 1.807) is 0 Å². The summed E-state index contributed by atoms with van der Waals surface area (Å²) in [7, 11) is 0.548. The molecule has 1 rings (SSSR count). The monoisotopic (exact) mass is 466 g/mol. The molecule has 3 N–H and O–H groups in total. The van der Waals surface area contributed by atoms with Crippen LogP contribution in [-0.4, -0.2) is 83.2 Å². The number of benzene rings is 1. The highest BCUT2D eigenvalue weighted by molar-refractivity contribution is 7.90. The number of guanidine groups is 1. The Morgan fingerprint density at radius 3 is 2.38 bits per heavy atom. The topological polar surface area (TPSA) is 136 Å². The number of aliphatic hydroxyl groups is 1. The zero-order chi connectivity index (χ0) is 24.5. The molecule has 32 heavy (non-hydrogen) atoms. The molecular formula is C21H34N6O4S. The Labute approximate surface area is 190 Å². The van der Waals surface area contributed by atoms with Gasteiger partial charge in [-0.05, 0) is 36.8 Å². The Morgan fingerprint density at radius 2 is 1.91 bits per heavy atom. The highest BCUT2D eigenvalue weighted by Gasteiger charge is 2.30. The van der Waals surface area contributed by atoms with Gasteiger partial charge in [-0.15, -0.1) is 0 Å². The van der Waals surface area contributed by atoms with Gasteiger partial charge in [0.25, 0.3) is 15.9 Å². The lowest BCUT2D eigenvalue weighted by molar-refractivity contribution is 0.0562. The van der Waals surface area contributed by atoms with Crippen molar-refractivity contribution in [2.45, 2.75) is 38.1 Å². The molecule has 0 bridgehead atoms. The Balaban J connectivity index is 3.41. The molecule has 0 spiro atoms. The Bertz CT molecular complexity index is 967. The molecule has 0 saturated carbocycles. The number of amidine groups is 1. The summed E-state index contributed by atoms with van der Waals surface area (Å²) in [6.45, 7) is 9.26. The van der Waals surface area contributed by atoms with Gasteiger partial charge in [0.1, 0.15) is 5.84 Å². The van der Waals surface area contributed by atoms with Gasteiger partial charge in [-0.25, -0.2) is 18.1 Å². The first kappa shape index (κ1) is 27.2. The first-order valence-electron chi connectivity index (χ1n) is 10.0. The minimum absolute atomic E-state index is 0.0295. The summed E-state index contributed by atoms with van der Waals surface area (Å²) in [5.41, 5.74) is -0.0194. The van der Waals surface area contributed by atoms with Gasteiger partial charge >= 0.3 is 0 Å². The molecule has 0 saturated heterocycles. The number of amides is 1. The molecule has 0 fully saturated rings. The molecule has 178 valence electrons. The number of nitrogens with zero attached hydrogens (tertiary/aromatic N) is 4. The van der Waals surface area contributed by atoms with E-state index in [4.69, 9.17) is 0 Å². The number of rotatable bonds is 8. The van der Waals surface area contributed by atoms with Gasteiger partial charge < -0.3 is 15.3 Å². The number of carbonyl (C=O) groups is 1. The SMILES string of the molecule is C=N/C(CN(C(=O)c1cccc(S(=O)(=O)N/C(=N/C)NC)c1)[C@@H](CO)CC(C)(C)C)=N\C. The number of hydrogen-bond donors (Lipinski definition) is 3. The summed E-state index contributed by atoms with van der Waals surface area (Å²) >= 11 is 0. The Kier molecular flexibility index (Phi) is 9.98. The van der Waals surface area contributed by atoms with Crippen molar-refractivity contribution in [1.29, 1.82) is 0 Å². The first-order chi connectivity index (χ1) is 14.9. The molecule has 11 heteroatoms. The van der Waals surface area contributed by atoms with Crippen LogP contribution in [0.2, 0.25) is 0 Å². The maximum Gasteiger partial charge on any atom is 0.264 e. The third-order valence-electron chi connectivity index (χ3n) is 4.60. The highest BCUT2D eigenvalue weighted by Crippen LogP contribution is 2.25. The maximum absolute atomic E-state index is 13.5. The van der Waals surface area contributed by atoms with Crippen LogP contribution in [0.5, 0.6) is 0 Å². The summed E-state index contributed by atoms with van der Waals surface area (Å²) < 4.78 is 27.8. The normalized spacial score (nSPS) is 14.0. The van der Waals surface area contributed by atoms with Crippen LogP contribution in [0.25, 0.3) is 0 Å². The molecule has 1 amide bonds. The van der Waals surface area contributed by atoms with Crippen LogP contribution in [-0.2, 0) is 10.0 Å². The lowest BCUT2D eigenvalue weighted by atomic mass is 9.87. The van der Waals surface area contributed by atoms with E-state index in [1.165, 1.54) is 50.3 Å². The third kappa shape index (κ3) is 7.72. The standard InChI is InChI=1S/C21H34N6O4S/c1-21(2,3)12-16(14-28)27(13-18(22-4)23-5)19(29)15-9-8-10-17(11-15)32(30,31)26-20(24-6)25-7/h8-11,16,28H,4,12-14H2,1-3,5-7H3,(H2,24,25,26)/b23-18-/t16-/m1/s1. The van der Waals surface area contributed by atoms with E-state index in [2.05, 4.69) is 31.7 Å². The molecular weight excluding hydrogens is 432 g/mol. The Morgan fingerprint density at radius 1 is 1.25 bits per heavy atom. The van der Waals surface area contributed by atoms with Gasteiger partial charge in [0, 0.05) is 26.7 Å². The van der Waals surface area contributed by atoms with Crippen LogP contribution >= 0.6 is 0 Å². The van der Waals surface area contributed by atoms with E-state index in [9.17, 15) is 18.3 Å². The molecule has 0 aliphatic heterocycles. The lowest BCUT2D eigenvalue weighted by Gasteiger charge is -2.34.